The second-order valence-electron chi connectivity index (χ2n) is 5.32. The number of carbonyl (C=O) groups excluding carboxylic acids is 1. The summed E-state index contributed by atoms with van der Waals surface area (Å²) in [5.74, 6) is 1.79. The first-order chi connectivity index (χ1) is 13.0. The van der Waals surface area contributed by atoms with Crippen LogP contribution in [0.25, 0.3) is 0 Å². The van der Waals surface area contributed by atoms with Gasteiger partial charge in [0.2, 0.25) is 5.91 Å². The van der Waals surface area contributed by atoms with Crippen molar-refractivity contribution in [3.8, 4) is 11.5 Å². The molecular formula is C18H19N3O5S. The molecule has 0 saturated carbocycles. The summed E-state index contributed by atoms with van der Waals surface area (Å²) in [6, 6.07) is 11.5. The molecule has 0 aliphatic rings. The molecule has 1 amide bonds. The van der Waals surface area contributed by atoms with Crippen molar-refractivity contribution < 1.29 is 19.2 Å². The summed E-state index contributed by atoms with van der Waals surface area (Å²) in [7, 11) is 3.11. The van der Waals surface area contributed by atoms with E-state index in [2.05, 4.69) is 10.5 Å². The third-order valence-electron chi connectivity index (χ3n) is 3.48. The second kappa shape index (κ2) is 10.2. The molecule has 142 valence electrons. The van der Waals surface area contributed by atoms with Crippen LogP contribution in [0.4, 0.5) is 5.69 Å². The first-order valence-corrected chi connectivity index (χ1v) is 9.04. The molecule has 0 aliphatic carbocycles. The van der Waals surface area contributed by atoms with Gasteiger partial charge in [-0.15, -0.1) is 11.8 Å². The SMILES string of the molecule is COc1ccc(/C=N\NC(=O)CSCc2ccc([N+](=O)[O-])cc2)c(OC)c1. The number of hydrazone groups is 1. The molecule has 0 fully saturated rings. The van der Waals surface area contributed by atoms with Gasteiger partial charge in [-0.05, 0) is 17.7 Å². The topological polar surface area (TPSA) is 103 Å². The van der Waals surface area contributed by atoms with E-state index in [1.165, 1.54) is 30.1 Å². The molecule has 0 spiro atoms. The van der Waals surface area contributed by atoms with E-state index in [4.69, 9.17) is 9.47 Å². The lowest BCUT2D eigenvalue weighted by atomic mass is 10.2. The summed E-state index contributed by atoms with van der Waals surface area (Å²) in [4.78, 5) is 22.0. The average Bonchev–Trinajstić information content (AvgIpc) is 2.68. The predicted molar refractivity (Wildman–Crippen MR) is 105 cm³/mol. The van der Waals surface area contributed by atoms with Crippen LogP contribution in [-0.4, -0.2) is 37.0 Å². The van der Waals surface area contributed by atoms with E-state index >= 15 is 0 Å². The Bertz CT molecular complexity index is 824. The number of carbonyl (C=O) groups is 1. The summed E-state index contributed by atoms with van der Waals surface area (Å²) < 4.78 is 10.4. The maximum absolute atomic E-state index is 11.8. The van der Waals surface area contributed by atoms with E-state index in [0.717, 1.165) is 5.56 Å². The summed E-state index contributed by atoms with van der Waals surface area (Å²) in [6.45, 7) is 0. The lowest BCUT2D eigenvalue weighted by Crippen LogP contribution is -2.19. The minimum Gasteiger partial charge on any atom is -0.497 e. The second-order valence-corrected chi connectivity index (χ2v) is 6.30. The largest absolute Gasteiger partial charge is 0.497 e. The van der Waals surface area contributed by atoms with Crippen LogP contribution in [0.5, 0.6) is 11.5 Å². The Kier molecular flexibility index (Phi) is 7.63. The minimum atomic E-state index is -0.444. The van der Waals surface area contributed by atoms with Gasteiger partial charge in [0.15, 0.2) is 0 Å². The molecule has 2 aromatic rings. The molecular weight excluding hydrogens is 370 g/mol. The number of amides is 1. The Labute approximate surface area is 160 Å². The fourth-order valence-electron chi connectivity index (χ4n) is 2.11. The summed E-state index contributed by atoms with van der Waals surface area (Å²) in [5, 5.41) is 14.5. The summed E-state index contributed by atoms with van der Waals surface area (Å²) in [6.07, 6.45) is 1.50. The van der Waals surface area contributed by atoms with Crippen molar-refractivity contribution in [1.29, 1.82) is 0 Å². The highest BCUT2D eigenvalue weighted by Gasteiger charge is 2.06. The monoisotopic (exact) mass is 389 g/mol. The first-order valence-electron chi connectivity index (χ1n) is 7.88. The van der Waals surface area contributed by atoms with Crippen LogP contribution in [-0.2, 0) is 10.5 Å². The van der Waals surface area contributed by atoms with E-state index < -0.39 is 4.92 Å². The van der Waals surface area contributed by atoms with Crippen LogP contribution >= 0.6 is 11.8 Å². The van der Waals surface area contributed by atoms with Crippen LogP contribution in [0.2, 0.25) is 0 Å². The van der Waals surface area contributed by atoms with E-state index in [9.17, 15) is 14.9 Å². The van der Waals surface area contributed by atoms with E-state index in [1.807, 2.05) is 0 Å². The highest BCUT2D eigenvalue weighted by molar-refractivity contribution is 7.99. The van der Waals surface area contributed by atoms with Gasteiger partial charge in [-0.3, -0.25) is 14.9 Å². The van der Waals surface area contributed by atoms with Crippen LogP contribution in [0.1, 0.15) is 11.1 Å². The van der Waals surface area contributed by atoms with Gasteiger partial charge >= 0.3 is 0 Å². The van der Waals surface area contributed by atoms with Crippen molar-refractivity contribution in [3.05, 3.63) is 63.7 Å². The Balaban J connectivity index is 1.79. The normalized spacial score (nSPS) is 10.6. The summed E-state index contributed by atoms with van der Waals surface area (Å²) >= 11 is 1.39. The Morgan fingerprint density at radius 3 is 2.59 bits per heavy atom. The number of rotatable bonds is 9. The van der Waals surface area contributed by atoms with Crippen LogP contribution in [0.3, 0.4) is 0 Å². The molecule has 8 nitrogen and oxygen atoms in total. The number of benzene rings is 2. The molecule has 0 heterocycles. The van der Waals surface area contributed by atoms with Crippen molar-refractivity contribution in [2.24, 2.45) is 5.10 Å². The highest BCUT2D eigenvalue weighted by Crippen LogP contribution is 2.23. The number of thioether (sulfide) groups is 1. The van der Waals surface area contributed by atoms with E-state index in [-0.39, 0.29) is 17.3 Å². The fourth-order valence-corrected chi connectivity index (χ4v) is 2.89. The Morgan fingerprint density at radius 2 is 1.96 bits per heavy atom. The number of nitrogens with one attached hydrogen (secondary N) is 1. The lowest BCUT2D eigenvalue weighted by Gasteiger charge is -2.07. The number of nitrogens with zero attached hydrogens (tertiary/aromatic N) is 2. The zero-order valence-corrected chi connectivity index (χ0v) is 15.7. The Morgan fingerprint density at radius 1 is 1.22 bits per heavy atom. The third-order valence-corrected chi connectivity index (χ3v) is 4.49. The molecule has 0 aliphatic heterocycles. The molecule has 1 N–H and O–H groups in total. The molecule has 0 radical (unpaired) electrons. The van der Waals surface area contributed by atoms with Crippen molar-refractivity contribution in [2.45, 2.75) is 5.75 Å². The Hall–Kier alpha value is -3.07. The maximum atomic E-state index is 11.8. The summed E-state index contributed by atoms with van der Waals surface area (Å²) in [5.41, 5.74) is 4.11. The van der Waals surface area contributed by atoms with Gasteiger partial charge in [-0.25, -0.2) is 5.43 Å². The number of non-ortho nitro benzene ring substituents is 1. The molecule has 0 atom stereocenters. The molecule has 9 heteroatoms. The molecule has 0 bridgehead atoms. The van der Waals surface area contributed by atoms with Crippen LogP contribution in [0, 0.1) is 10.1 Å². The molecule has 2 rings (SSSR count). The fraction of sp³-hybridized carbons (Fsp3) is 0.222. The lowest BCUT2D eigenvalue weighted by molar-refractivity contribution is -0.384. The van der Waals surface area contributed by atoms with Gasteiger partial charge in [0, 0.05) is 29.5 Å². The van der Waals surface area contributed by atoms with Gasteiger partial charge in [0.25, 0.3) is 5.69 Å². The average molecular weight is 389 g/mol. The molecule has 27 heavy (non-hydrogen) atoms. The first kappa shape index (κ1) is 20.2. The minimum absolute atomic E-state index is 0.0461. The quantitative estimate of drug-likeness (QED) is 0.402. The number of hydrogen-bond donors (Lipinski definition) is 1. The molecule has 2 aromatic carbocycles. The van der Waals surface area contributed by atoms with E-state index in [1.54, 1.807) is 44.6 Å². The van der Waals surface area contributed by atoms with Gasteiger partial charge in [0.05, 0.1) is 31.1 Å². The van der Waals surface area contributed by atoms with Crippen LogP contribution in [0.15, 0.2) is 47.6 Å². The molecule has 0 unspecified atom stereocenters. The molecule has 0 saturated heterocycles. The smallest absolute Gasteiger partial charge is 0.269 e. The van der Waals surface area contributed by atoms with Crippen molar-refractivity contribution in [3.63, 3.8) is 0 Å². The van der Waals surface area contributed by atoms with Crippen molar-refractivity contribution >= 4 is 29.6 Å². The van der Waals surface area contributed by atoms with Gasteiger partial charge in [-0.1, -0.05) is 12.1 Å². The number of hydrogen-bond acceptors (Lipinski definition) is 7. The highest BCUT2D eigenvalue weighted by atomic mass is 32.2. The van der Waals surface area contributed by atoms with Crippen LogP contribution < -0.4 is 14.9 Å². The van der Waals surface area contributed by atoms with Gasteiger partial charge < -0.3 is 9.47 Å². The number of ether oxygens (including phenoxy) is 2. The number of nitro groups is 1. The number of methoxy groups -OCH3 is 2. The van der Waals surface area contributed by atoms with Crippen molar-refractivity contribution in [1.82, 2.24) is 5.43 Å². The van der Waals surface area contributed by atoms with Gasteiger partial charge in [-0.2, -0.15) is 5.10 Å². The standard InChI is InChI=1S/C18H19N3O5S/c1-25-16-8-5-14(17(9-16)26-2)10-19-20-18(22)12-27-11-13-3-6-15(7-4-13)21(23)24/h3-10H,11-12H2,1-2H3,(H,20,22)/b19-10-. The zero-order chi connectivity index (χ0) is 19.6. The third kappa shape index (κ3) is 6.30. The van der Waals surface area contributed by atoms with Crippen molar-refractivity contribution in [2.75, 3.05) is 20.0 Å². The van der Waals surface area contributed by atoms with Gasteiger partial charge in [0.1, 0.15) is 11.5 Å². The van der Waals surface area contributed by atoms with E-state index in [0.29, 0.717) is 22.8 Å². The zero-order valence-electron chi connectivity index (χ0n) is 14.9. The number of nitro benzene ring substituents is 1. The molecule has 0 aromatic heterocycles. The predicted octanol–water partition coefficient (Wildman–Crippen LogP) is 3.00. The maximum Gasteiger partial charge on any atom is 0.269 e.